The molecular formula is C16H32N4O4. The Bertz CT molecular complexity index is 384. The van der Waals surface area contributed by atoms with Crippen molar-refractivity contribution in [2.75, 3.05) is 53.6 Å². The fraction of sp³-hybridized carbons (Fsp3) is 0.875. The van der Waals surface area contributed by atoms with Crippen LogP contribution in [0, 0.1) is 0 Å². The quantitative estimate of drug-likeness (QED) is 0.543. The summed E-state index contributed by atoms with van der Waals surface area (Å²) in [6, 6.07) is -0.212. The van der Waals surface area contributed by atoms with Crippen LogP contribution in [0.4, 0.5) is 9.59 Å². The lowest BCUT2D eigenvalue weighted by atomic mass is 9.84. The molecule has 1 saturated heterocycles. The normalized spacial score (nSPS) is 16.5. The van der Waals surface area contributed by atoms with Crippen LogP contribution in [0.3, 0.4) is 0 Å². The maximum atomic E-state index is 12.2. The highest BCUT2D eigenvalue weighted by Gasteiger charge is 2.36. The minimum atomic E-state index is -0.329. The van der Waals surface area contributed by atoms with Crippen molar-refractivity contribution in [3.63, 3.8) is 0 Å². The van der Waals surface area contributed by atoms with Gasteiger partial charge in [0.2, 0.25) is 0 Å². The molecule has 0 aliphatic carbocycles. The van der Waals surface area contributed by atoms with Crippen LogP contribution in [-0.4, -0.2) is 76.1 Å². The highest BCUT2D eigenvalue weighted by Crippen LogP contribution is 2.26. The Morgan fingerprint density at radius 1 is 1.08 bits per heavy atom. The number of likely N-dealkylation sites (tertiary alicyclic amines) is 1. The molecule has 0 unspecified atom stereocenters. The summed E-state index contributed by atoms with van der Waals surface area (Å²) in [5.41, 5.74) is -0.329. The first-order valence-corrected chi connectivity index (χ1v) is 8.63. The van der Waals surface area contributed by atoms with Crippen molar-refractivity contribution in [1.82, 2.24) is 20.9 Å². The second-order valence-electron chi connectivity index (χ2n) is 6.07. The van der Waals surface area contributed by atoms with Crippen molar-refractivity contribution < 1.29 is 19.1 Å². The Hall–Kier alpha value is -1.54. The van der Waals surface area contributed by atoms with Crippen LogP contribution in [0.1, 0.15) is 32.6 Å². The molecular weight excluding hydrogens is 312 g/mol. The van der Waals surface area contributed by atoms with Crippen LogP contribution in [-0.2, 0) is 9.47 Å². The highest BCUT2D eigenvalue weighted by molar-refractivity contribution is 5.75. The van der Waals surface area contributed by atoms with Gasteiger partial charge in [0.1, 0.15) is 0 Å². The van der Waals surface area contributed by atoms with E-state index in [-0.39, 0.29) is 17.6 Å². The molecule has 0 aromatic carbocycles. The van der Waals surface area contributed by atoms with Crippen molar-refractivity contribution in [3.8, 4) is 0 Å². The number of hydrogen-bond donors (Lipinski definition) is 3. The van der Waals surface area contributed by atoms with Gasteiger partial charge in [-0.3, -0.25) is 0 Å². The van der Waals surface area contributed by atoms with Crippen LogP contribution < -0.4 is 16.0 Å². The van der Waals surface area contributed by atoms with Crippen LogP contribution in [0.2, 0.25) is 0 Å². The molecule has 1 heterocycles. The molecule has 1 fully saturated rings. The molecule has 140 valence electrons. The summed E-state index contributed by atoms with van der Waals surface area (Å²) in [6.07, 6.45) is 2.95. The standard InChI is InChI=1S/C16H32N4O4/c1-4-17-15(22)20-10-6-16(7-11-20,8-13-24-3)19-14(21)18-9-5-12-23-2/h4-13H2,1-3H3,(H,17,22)(H2,18,19,21). The van der Waals surface area contributed by atoms with E-state index >= 15 is 0 Å². The predicted molar refractivity (Wildman–Crippen MR) is 92.1 cm³/mol. The molecule has 0 aromatic rings. The van der Waals surface area contributed by atoms with Crippen molar-refractivity contribution in [1.29, 1.82) is 0 Å². The predicted octanol–water partition coefficient (Wildman–Crippen LogP) is 0.923. The van der Waals surface area contributed by atoms with E-state index in [0.717, 1.165) is 25.7 Å². The van der Waals surface area contributed by atoms with Gasteiger partial charge in [0.25, 0.3) is 0 Å². The van der Waals surface area contributed by atoms with Gasteiger partial charge in [-0.15, -0.1) is 0 Å². The van der Waals surface area contributed by atoms with Gasteiger partial charge in [0, 0.05) is 59.2 Å². The number of rotatable bonds is 9. The topological polar surface area (TPSA) is 91.9 Å². The highest BCUT2D eigenvalue weighted by atomic mass is 16.5. The van der Waals surface area contributed by atoms with E-state index in [9.17, 15) is 9.59 Å². The molecule has 0 spiro atoms. The lowest BCUT2D eigenvalue weighted by Crippen LogP contribution is -2.59. The molecule has 4 amide bonds. The fourth-order valence-corrected chi connectivity index (χ4v) is 2.84. The summed E-state index contributed by atoms with van der Waals surface area (Å²) < 4.78 is 10.2. The fourth-order valence-electron chi connectivity index (χ4n) is 2.84. The summed E-state index contributed by atoms with van der Waals surface area (Å²) in [5.74, 6) is 0. The average Bonchev–Trinajstić information content (AvgIpc) is 2.58. The van der Waals surface area contributed by atoms with Crippen molar-refractivity contribution in [2.45, 2.75) is 38.1 Å². The smallest absolute Gasteiger partial charge is 0.317 e. The Morgan fingerprint density at radius 3 is 2.33 bits per heavy atom. The van der Waals surface area contributed by atoms with E-state index in [0.29, 0.717) is 39.4 Å². The zero-order valence-electron chi connectivity index (χ0n) is 15.2. The maximum Gasteiger partial charge on any atom is 0.317 e. The molecule has 0 aromatic heterocycles. The molecule has 24 heavy (non-hydrogen) atoms. The number of nitrogens with one attached hydrogen (secondary N) is 3. The number of hydrogen-bond acceptors (Lipinski definition) is 4. The second kappa shape index (κ2) is 11.1. The van der Waals surface area contributed by atoms with Gasteiger partial charge in [-0.1, -0.05) is 0 Å². The Balaban J connectivity index is 2.52. The minimum Gasteiger partial charge on any atom is -0.385 e. The lowest BCUT2D eigenvalue weighted by molar-refractivity contribution is 0.106. The molecule has 8 nitrogen and oxygen atoms in total. The first-order valence-electron chi connectivity index (χ1n) is 8.63. The monoisotopic (exact) mass is 344 g/mol. The van der Waals surface area contributed by atoms with E-state index in [4.69, 9.17) is 9.47 Å². The molecule has 3 N–H and O–H groups in total. The SMILES string of the molecule is CCNC(=O)N1CCC(CCOC)(NC(=O)NCCCOC)CC1. The molecule has 8 heteroatoms. The second-order valence-corrected chi connectivity index (χ2v) is 6.07. The summed E-state index contributed by atoms with van der Waals surface area (Å²) in [4.78, 5) is 25.9. The third-order valence-electron chi connectivity index (χ3n) is 4.31. The zero-order valence-corrected chi connectivity index (χ0v) is 15.2. The Morgan fingerprint density at radius 2 is 1.75 bits per heavy atom. The van der Waals surface area contributed by atoms with Gasteiger partial charge in [0.15, 0.2) is 0 Å². The number of carbonyl (C=O) groups is 2. The number of amides is 4. The molecule has 1 aliphatic heterocycles. The van der Waals surface area contributed by atoms with Crippen LogP contribution >= 0.6 is 0 Å². The van der Waals surface area contributed by atoms with Gasteiger partial charge in [-0.2, -0.15) is 0 Å². The van der Waals surface area contributed by atoms with E-state index in [1.165, 1.54) is 0 Å². The molecule has 0 radical (unpaired) electrons. The zero-order chi connectivity index (χ0) is 17.8. The summed E-state index contributed by atoms with van der Waals surface area (Å²) >= 11 is 0. The van der Waals surface area contributed by atoms with Gasteiger partial charge < -0.3 is 30.3 Å². The molecule has 1 aliphatic rings. The maximum absolute atomic E-state index is 12.2. The van der Waals surface area contributed by atoms with Crippen LogP contribution in [0.15, 0.2) is 0 Å². The summed E-state index contributed by atoms with van der Waals surface area (Å²) in [5, 5.41) is 8.78. The third-order valence-corrected chi connectivity index (χ3v) is 4.31. The van der Waals surface area contributed by atoms with Crippen molar-refractivity contribution >= 4 is 12.1 Å². The van der Waals surface area contributed by atoms with E-state index in [1.54, 1.807) is 19.1 Å². The molecule has 0 saturated carbocycles. The van der Waals surface area contributed by atoms with Gasteiger partial charge in [0.05, 0.1) is 0 Å². The third kappa shape index (κ3) is 6.92. The van der Waals surface area contributed by atoms with Crippen molar-refractivity contribution in [3.05, 3.63) is 0 Å². The van der Waals surface area contributed by atoms with E-state index in [2.05, 4.69) is 16.0 Å². The van der Waals surface area contributed by atoms with Crippen molar-refractivity contribution in [2.24, 2.45) is 0 Å². The van der Waals surface area contributed by atoms with Gasteiger partial charge in [-0.25, -0.2) is 9.59 Å². The number of methoxy groups -OCH3 is 2. The van der Waals surface area contributed by atoms with Crippen LogP contribution in [0.25, 0.3) is 0 Å². The number of nitrogens with zero attached hydrogens (tertiary/aromatic N) is 1. The number of piperidine rings is 1. The van der Waals surface area contributed by atoms with E-state index < -0.39 is 0 Å². The summed E-state index contributed by atoms with van der Waals surface area (Å²) in [7, 11) is 3.30. The first-order chi connectivity index (χ1) is 11.6. The number of ether oxygens (including phenoxy) is 2. The number of urea groups is 2. The minimum absolute atomic E-state index is 0.0399. The largest absolute Gasteiger partial charge is 0.385 e. The number of carbonyl (C=O) groups excluding carboxylic acids is 2. The van der Waals surface area contributed by atoms with E-state index in [1.807, 2.05) is 6.92 Å². The molecule has 0 atom stereocenters. The molecule has 0 bridgehead atoms. The Kier molecular flexibility index (Phi) is 9.48. The molecule has 1 rings (SSSR count). The summed E-state index contributed by atoms with van der Waals surface area (Å²) in [6.45, 7) is 5.54. The van der Waals surface area contributed by atoms with Gasteiger partial charge in [-0.05, 0) is 32.6 Å². The van der Waals surface area contributed by atoms with Crippen LogP contribution in [0.5, 0.6) is 0 Å². The lowest BCUT2D eigenvalue weighted by Gasteiger charge is -2.42. The Labute approximate surface area is 144 Å². The first kappa shape index (κ1) is 20.5. The van der Waals surface area contributed by atoms with Gasteiger partial charge >= 0.3 is 12.1 Å². The average molecular weight is 344 g/mol.